The number of thiazole rings is 1. The van der Waals surface area contributed by atoms with Crippen LogP contribution in [0.4, 0.5) is 10.9 Å². The second-order valence-electron chi connectivity index (χ2n) is 4.96. The number of hydrogen-bond acceptors (Lipinski definition) is 6. The van der Waals surface area contributed by atoms with Crippen LogP contribution in [0.15, 0.2) is 0 Å². The van der Waals surface area contributed by atoms with Crippen molar-refractivity contribution in [2.24, 2.45) is 5.41 Å². The van der Waals surface area contributed by atoms with Gasteiger partial charge in [-0.2, -0.15) is 5.26 Å². The maximum atomic E-state index is 8.89. The molecule has 1 aromatic rings. The van der Waals surface area contributed by atoms with Gasteiger partial charge < -0.3 is 15.4 Å². The van der Waals surface area contributed by atoms with E-state index in [0.29, 0.717) is 17.3 Å². The quantitative estimate of drug-likeness (QED) is 0.819. The maximum absolute atomic E-state index is 8.89. The van der Waals surface area contributed by atoms with Gasteiger partial charge in [0.15, 0.2) is 10.9 Å². The number of hydrogen-bond donors (Lipinski definition) is 1. The summed E-state index contributed by atoms with van der Waals surface area (Å²) in [5, 5.41) is 9.70. The number of aromatic nitrogens is 1. The normalized spacial score (nSPS) is 19.7. The van der Waals surface area contributed by atoms with E-state index in [4.69, 9.17) is 15.7 Å². The highest BCUT2D eigenvalue weighted by Crippen LogP contribution is 2.30. The number of anilines is 2. The predicted octanol–water partition coefficient (Wildman–Crippen LogP) is 1.46. The van der Waals surface area contributed by atoms with Crippen LogP contribution in [0.25, 0.3) is 0 Å². The van der Waals surface area contributed by atoms with E-state index in [2.05, 4.69) is 29.8 Å². The first-order valence-corrected chi connectivity index (χ1v) is 6.32. The van der Waals surface area contributed by atoms with Gasteiger partial charge in [0.2, 0.25) is 0 Å². The number of nitrogens with zero attached hydrogens (tertiary/aromatic N) is 3. The number of nitriles is 1. The van der Waals surface area contributed by atoms with E-state index < -0.39 is 0 Å². The highest BCUT2D eigenvalue weighted by atomic mass is 32.1. The molecule has 1 aliphatic rings. The average Bonchev–Trinajstić information content (AvgIpc) is 2.54. The van der Waals surface area contributed by atoms with E-state index in [1.807, 2.05) is 0 Å². The van der Waals surface area contributed by atoms with Crippen molar-refractivity contribution in [3.05, 3.63) is 4.88 Å². The first-order chi connectivity index (χ1) is 8.02. The molecule has 1 fully saturated rings. The lowest BCUT2D eigenvalue weighted by Gasteiger charge is -2.27. The molecule has 0 aliphatic carbocycles. The third-order valence-corrected chi connectivity index (χ3v) is 3.67. The van der Waals surface area contributed by atoms with Gasteiger partial charge in [-0.25, -0.2) is 4.98 Å². The smallest absolute Gasteiger partial charge is 0.188 e. The van der Waals surface area contributed by atoms with E-state index in [1.165, 1.54) is 11.3 Å². The Bertz CT molecular complexity index is 449. The first kappa shape index (κ1) is 12.1. The van der Waals surface area contributed by atoms with Crippen molar-refractivity contribution in [1.29, 1.82) is 5.26 Å². The van der Waals surface area contributed by atoms with Gasteiger partial charge >= 0.3 is 0 Å². The van der Waals surface area contributed by atoms with Crippen molar-refractivity contribution < 1.29 is 4.74 Å². The van der Waals surface area contributed by atoms with Crippen LogP contribution in [-0.2, 0) is 4.74 Å². The molecule has 0 amide bonds. The van der Waals surface area contributed by atoms with Gasteiger partial charge in [0, 0.05) is 18.5 Å². The fourth-order valence-electron chi connectivity index (χ4n) is 1.86. The summed E-state index contributed by atoms with van der Waals surface area (Å²) in [7, 11) is 0. The van der Waals surface area contributed by atoms with Gasteiger partial charge in [0.1, 0.15) is 10.9 Å². The van der Waals surface area contributed by atoms with Gasteiger partial charge in [-0.05, 0) is 0 Å². The molecule has 1 aliphatic heterocycles. The Morgan fingerprint density at radius 3 is 3.00 bits per heavy atom. The fraction of sp³-hybridized carbons (Fsp3) is 0.636. The third kappa shape index (κ3) is 2.68. The fourth-order valence-corrected chi connectivity index (χ4v) is 2.67. The molecule has 1 aromatic heterocycles. The Kier molecular flexibility index (Phi) is 3.22. The second-order valence-corrected chi connectivity index (χ2v) is 5.94. The summed E-state index contributed by atoms with van der Waals surface area (Å²) in [6.07, 6.45) is 0. The molecule has 5 nitrogen and oxygen atoms in total. The minimum Gasteiger partial charge on any atom is -0.382 e. The van der Waals surface area contributed by atoms with Crippen LogP contribution >= 0.6 is 11.3 Å². The molecule has 2 rings (SSSR count). The SMILES string of the molecule is CC1(C)COCCN(c2nc(N)c(C#N)s2)C1. The van der Waals surface area contributed by atoms with Gasteiger partial charge in [-0.15, -0.1) is 0 Å². The molecule has 0 radical (unpaired) electrons. The summed E-state index contributed by atoms with van der Waals surface area (Å²) in [5.74, 6) is 0.329. The van der Waals surface area contributed by atoms with Crippen molar-refractivity contribution in [1.82, 2.24) is 4.98 Å². The van der Waals surface area contributed by atoms with E-state index in [1.54, 1.807) is 0 Å². The van der Waals surface area contributed by atoms with Crippen molar-refractivity contribution in [3.8, 4) is 6.07 Å². The second kappa shape index (κ2) is 4.51. The van der Waals surface area contributed by atoms with Crippen molar-refractivity contribution in [3.63, 3.8) is 0 Å². The van der Waals surface area contributed by atoms with Crippen LogP contribution in [0.5, 0.6) is 0 Å². The molecule has 6 heteroatoms. The Morgan fingerprint density at radius 2 is 2.35 bits per heavy atom. The zero-order valence-corrected chi connectivity index (χ0v) is 10.9. The minimum atomic E-state index is 0.0870. The molecule has 0 spiro atoms. The molecule has 2 heterocycles. The first-order valence-electron chi connectivity index (χ1n) is 5.51. The lowest BCUT2D eigenvalue weighted by molar-refractivity contribution is 0.0893. The monoisotopic (exact) mass is 252 g/mol. The van der Waals surface area contributed by atoms with Crippen LogP contribution in [0.3, 0.4) is 0 Å². The highest BCUT2D eigenvalue weighted by molar-refractivity contribution is 7.16. The summed E-state index contributed by atoms with van der Waals surface area (Å²) in [6.45, 7) is 7.41. The molecule has 0 bridgehead atoms. The van der Waals surface area contributed by atoms with Crippen LogP contribution in [0.1, 0.15) is 18.7 Å². The summed E-state index contributed by atoms with van der Waals surface area (Å²) < 4.78 is 5.56. The molecule has 0 saturated carbocycles. The van der Waals surface area contributed by atoms with E-state index in [-0.39, 0.29) is 5.41 Å². The molecule has 1 saturated heterocycles. The summed E-state index contributed by atoms with van der Waals surface area (Å²) in [4.78, 5) is 6.89. The van der Waals surface area contributed by atoms with Crippen LogP contribution in [0, 0.1) is 16.7 Å². The molecular formula is C11H16N4OS. The summed E-state index contributed by atoms with van der Waals surface area (Å²) >= 11 is 1.35. The Labute approximate surface area is 105 Å². The maximum Gasteiger partial charge on any atom is 0.188 e. The Balaban J connectivity index is 2.23. The van der Waals surface area contributed by atoms with Crippen molar-refractivity contribution in [2.45, 2.75) is 13.8 Å². The molecule has 0 atom stereocenters. The van der Waals surface area contributed by atoms with Crippen molar-refractivity contribution >= 4 is 22.3 Å². The predicted molar refractivity (Wildman–Crippen MR) is 68.1 cm³/mol. The standard InChI is InChI=1S/C11H16N4OS/c1-11(2)6-15(3-4-16-7-11)10-14-9(13)8(5-12)17-10/h3-4,6-7,13H2,1-2H3. The molecule has 0 aromatic carbocycles. The lowest BCUT2D eigenvalue weighted by Crippen LogP contribution is -2.34. The largest absolute Gasteiger partial charge is 0.382 e. The Hall–Kier alpha value is -1.32. The summed E-state index contributed by atoms with van der Waals surface area (Å²) in [5.41, 5.74) is 5.77. The van der Waals surface area contributed by atoms with Crippen LogP contribution < -0.4 is 10.6 Å². The van der Waals surface area contributed by atoms with Crippen LogP contribution in [0.2, 0.25) is 0 Å². The molecule has 92 valence electrons. The summed E-state index contributed by atoms with van der Waals surface area (Å²) in [6, 6.07) is 2.06. The highest BCUT2D eigenvalue weighted by Gasteiger charge is 2.27. The third-order valence-electron chi connectivity index (χ3n) is 2.63. The number of nitrogens with two attached hydrogens (primary N) is 1. The minimum absolute atomic E-state index is 0.0870. The van der Waals surface area contributed by atoms with Gasteiger partial charge in [0.05, 0.1) is 13.2 Å². The average molecular weight is 252 g/mol. The van der Waals surface area contributed by atoms with Gasteiger partial charge in [-0.1, -0.05) is 25.2 Å². The zero-order chi connectivity index (χ0) is 12.5. The number of rotatable bonds is 1. The van der Waals surface area contributed by atoms with Crippen LogP contribution in [-0.4, -0.2) is 31.3 Å². The topological polar surface area (TPSA) is 75.2 Å². The molecule has 17 heavy (non-hydrogen) atoms. The van der Waals surface area contributed by atoms with E-state index in [0.717, 1.165) is 24.8 Å². The van der Waals surface area contributed by atoms with E-state index >= 15 is 0 Å². The number of ether oxygens (including phenoxy) is 1. The van der Waals surface area contributed by atoms with E-state index in [9.17, 15) is 0 Å². The Morgan fingerprint density at radius 1 is 1.59 bits per heavy atom. The number of nitrogen functional groups attached to an aromatic ring is 1. The molecule has 0 unspecified atom stereocenters. The van der Waals surface area contributed by atoms with Gasteiger partial charge in [0.25, 0.3) is 0 Å². The zero-order valence-electron chi connectivity index (χ0n) is 10.1. The van der Waals surface area contributed by atoms with Crippen molar-refractivity contribution in [2.75, 3.05) is 36.9 Å². The lowest BCUT2D eigenvalue weighted by atomic mass is 9.94. The van der Waals surface area contributed by atoms with Gasteiger partial charge in [-0.3, -0.25) is 0 Å². The molecular weight excluding hydrogens is 236 g/mol. The molecule has 2 N–H and O–H groups in total.